The maximum absolute atomic E-state index is 12.8. The van der Waals surface area contributed by atoms with Crippen LogP contribution < -0.4 is 19.5 Å². The Balaban J connectivity index is 1.80. The zero-order valence-electron chi connectivity index (χ0n) is 17.7. The van der Waals surface area contributed by atoms with Gasteiger partial charge in [-0.15, -0.1) is 0 Å². The summed E-state index contributed by atoms with van der Waals surface area (Å²) in [5.74, 6) is 1.68. The molecule has 0 atom stereocenters. The van der Waals surface area contributed by atoms with Crippen molar-refractivity contribution in [1.29, 1.82) is 0 Å². The predicted octanol–water partition coefficient (Wildman–Crippen LogP) is 3.59. The SMILES string of the molecule is CCN1CCC(NC(=O)c2cccc(-c3cc(OC)c(OC)c(OC)c3)c2)CC1. The predicted molar refractivity (Wildman–Crippen MR) is 114 cm³/mol. The lowest BCUT2D eigenvalue weighted by Gasteiger charge is -2.31. The monoisotopic (exact) mass is 398 g/mol. The fourth-order valence-corrected chi connectivity index (χ4v) is 3.75. The highest BCUT2D eigenvalue weighted by molar-refractivity contribution is 5.95. The van der Waals surface area contributed by atoms with E-state index in [2.05, 4.69) is 17.1 Å². The van der Waals surface area contributed by atoms with Crippen molar-refractivity contribution in [2.75, 3.05) is 41.0 Å². The number of carbonyl (C=O) groups is 1. The molecule has 3 rings (SSSR count). The molecule has 6 nitrogen and oxygen atoms in total. The number of ether oxygens (including phenoxy) is 3. The average Bonchev–Trinajstić information content (AvgIpc) is 2.78. The lowest BCUT2D eigenvalue weighted by molar-refractivity contribution is 0.0912. The molecule has 1 amide bonds. The third-order valence-corrected chi connectivity index (χ3v) is 5.49. The Morgan fingerprint density at radius 3 is 2.21 bits per heavy atom. The summed E-state index contributed by atoms with van der Waals surface area (Å²) in [5.41, 5.74) is 2.46. The van der Waals surface area contributed by atoms with Gasteiger partial charge < -0.3 is 24.4 Å². The van der Waals surface area contributed by atoms with E-state index in [1.807, 2.05) is 36.4 Å². The van der Waals surface area contributed by atoms with E-state index in [1.165, 1.54) is 0 Å². The number of hydrogen-bond acceptors (Lipinski definition) is 5. The van der Waals surface area contributed by atoms with Crippen molar-refractivity contribution in [3.63, 3.8) is 0 Å². The molecule has 0 radical (unpaired) electrons. The molecule has 6 heteroatoms. The van der Waals surface area contributed by atoms with Crippen LogP contribution in [0.3, 0.4) is 0 Å². The van der Waals surface area contributed by atoms with Gasteiger partial charge in [-0.2, -0.15) is 0 Å². The van der Waals surface area contributed by atoms with Crippen molar-refractivity contribution in [3.05, 3.63) is 42.0 Å². The van der Waals surface area contributed by atoms with Crippen molar-refractivity contribution in [2.24, 2.45) is 0 Å². The summed E-state index contributed by atoms with van der Waals surface area (Å²) in [4.78, 5) is 15.2. The Hall–Kier alpha value is -2.73. The van der Waals surface area contributed by atoms with Gasteiger partial charge in [0.2, 0.25) is 5.75 Å². The highest BCUT2D eigenvalue weighted by Gasteiger charge is 2.20. The van der Waals surface area contributed by atoms with Crippen LogP contribution in [0.25, 0.3) is 11.1 Å². The number of piperidine rings is 1. The van der Waals surface area contributed by atoms with Gasteiger partial charge in [-0.1, -0.05) is 19.1 Å². The summed E-state index contributed by atoms with van der Waals surface area (Å²) in [5, 5.41) is 3.19. The molecule has 1 aliphatic heterocycles. The van der Waals surface area contributed by atoms with Gasteiger partial charge in [0.25, 0.3) is 5.91 Å². The number of likely N-dealkylation sites (tertiary alicyclic amines) is 1. The molecule has 0 saturated carbocycles. The molecule has 1 aliphatic rings. The summed E-state index contributed by atoms with van der Waals surface area (Å²) in [7, 11) is 4.76. The van der Waals surface area contributed by atoms with Crippen LogP contribution in [0.2, 0.25) is 0 Å². The molecule has 1 saturated heterocycles. The van der Waals surface area contributed by atoms with Gasteiger partial charge in [0.05, 0.1) is 21.3 Å². The maximum atomic E-state index is 12.8. The van der Waals surface area contributed by atoms with E-state index in [0.717, 1.165) is 43.6 Å². The Bertz CT molecular complexity index is 820. The number of amides is 1. The van der Waals surface area contributed by atoms with Gasteiger partial charge in [-0.25, -0.2) is 0 Å². The van der Waals surface area contributed by atoms with Crippen LogP contribution in [0, 0.1) is 0 Å². The van der Waals surface area contributed by atoms with Gasteiger partial charge in [-0.05, 0) is 54.8 Å². The van der Waals surface area contributed by atoms with Gasteiger partial charge in [0.15, 0.2) is 11.5 Å². The molecule has 0 aliphatic carbocycles. The second-order valence-corrected chi connectivity index (χ2v) is 7.18. The van der Waals surface area contributed by atoms with Crippen LogP contribution in [-0.4, -0.2) is 57.8 Å². The number of methoxy groups -OCH3 is 3. The number of benzene rings is 2. The average molecular weight is 399 g/mol. The van der Waals surface area contributed by atoms with E-state index >= 15 is 0 Å². The van der Waals surface area contributed by atoms with Gasteiger partial charge in [-0.3, -0.25) is 4.79 Å². The molecule has 0 unspecified atom stereocenters. The number of rotatable bonds is 7. The number of carbonyl (C=O) groups excluding carboxylic acids is 1. The van der Waals surface area contributed by atoms with Crippen molar-refractivity contribution in [1.82, 2.24) is 10.2 Å². The first-order valence-corrected chi connectivity index (χ1v) is 10.0. The third-order valence-electron chi connectivity index (χ3n) is 5.49. The lowest BCUT2D eigenvalue weighted by atomic mass is 10.0. The summed E-state index contributed by atoms with van der Waals surface area (Å²) in [6.07, 6.45) is 1.98. The first-order chi connectivity index (χ1) is 14.1. The molecule has 0 aromatic heterocycles. The molecule has 1 fully saturated rings. The highest BCUT2D eigenvalue weighted by atomic mass is 16.5. The zero-order chi connectivity index (χ0) is 20.8. The lowest BCUT2D eigenvalue weighted by Crippen LogP contribution is -2.44. The van der Waals surface area contributed by atoms with Crippen LogP contribution in [-0.2, 0) is 0 Å². The fourth-order valence-electron chi connectivity index (χ4n) is 3.75. The molecular weight excluding hydrogens is 368 g/mol. The van der Waals surface area contributed by atoms with Crippen molar-refractivity contribution in [3.8, 4) is 28.4 Å². The molecule has 29 heavy (non-hydrogen) atoms. The number of nitrogens with one attached hydrogen (secondary N) is 1. The van der Waals surface area contributed by atoms with Gasteiger partial charge in [0, 0.05) is 24.7 Å². The van der Waals surface area contributed by atoms with Crippen molar-refractivity contribution < 1.29 is 19.0 Å². The van der Waals surface area contributed by atoms with Crippen LogP contribution in [0.5, 0.6) is 17.2 Å². The number of nitrogens with zero attached hydrogens (tertiary/aromatic N) is 1. The first kappa shape index (κ1) is 21.0. The molecule has 1 N–H and O–H groups in total. The molecule has 0 spiro atoms. The summed E-state index contributed by atoms with van der Waals surface area (Å²) < 4.78 is 16.3. The highest BCUT2D eigenvalue weighted by Crippen LogP contribution is 2.41. The minimum Gasteiger partial charge on any atom is -0.493 e. The van der Waals surface area contributed by atoms with Crippen LogP contribution >= 0.6 is 0 Å². The minimum absolute atomic E-state index is 0.0331. The van der Waals surface area contributed by atoms with E-state index < -0.39 is 0 Å². The Morgan fingerprint density at radius 2 is 1.66 bits per heavy atom. The molecule has 0 bridgehead atoms. The zero-order valence-corrected chi connectivity index (χ0v) is 17.7. The Morgan fingerprint density at radius 1 is 1.00 bits per heavy atom. The second kappa shape index (κ2) is 9.65. The summed E-state index contributed by atoms with van der Waals surface area (Å²) in [6, 6.07) is 11.6. The largest absolute Gasteiger partial charge is 0.493 e. The Kier molecular flexibility index (Phi) is 6.99. The quantitative estimate of drug-likeness (QED) is 0.772. The third kappa shape index (κ3) is 4.82. The molecule has 2 aromatic carbocycles. The molecule has 1 heterocycles. The summed E-state index contributed by atoms with van der Waals surface area (Å²) in [6.45, 7) is 5.31. The van der Waals surface area contributed by atoms with E-state index in [1.54, 1.807) is 21.3 Å². The standard InChI is InChI=1S/C23H30N2O4/c1-5-25-11-9-19(10-12-25)24-23(26)17-8-6-7-16(13-17)18-14-20(27-2)22(29-4)21(15-18)28-3/h6-8,13-15,19H,5,9-12H2,1-4H3,(H,24,26). The first-order valence-electron chi connectivity index (χ1n) is 10.0. The van der Waals surface area contributed by atoms with E-state index in [9.17, 15) is 4.79 Å². The minimum atomic E-state index is -0.0331. The smallest absolute Gasteiger partial charge is 0.251 e. The fraction of sp³-hybridized carbons (Fsp3) is 0.435. The molecular formula is C23H30N2O4. The van der Waals surface area contributed by atoms with Crippen molar-refractivity contribution >= 4 is 5.91 Å². The second-order valence-electron chi connectivity index (χ2n) is 7.18. The maximum Gasteiger partial charge on any atom is 0.251 e. The van der Waals surface area contributed by atoms with Crippen LogP contribution in [0.4, 0.5) is 0 Å². The normalized spacial score (nSPS) is 15.0. The number of hydrogen-bond donors (Lipinski definition) is 1. The van der Waals surface area contributed by atoms with E-state index in [0.29, 0.717) is 22.8 Å². The van der Waals surface area contributed by atoms with E-state index in [4.69, 9.17) is 14.2 Å². The Labute approximate surface area is 172 Å². The van der Waals surface area contributed by atoms with E-state index in [-0.39, 0.29) is 11.9 Å². The van der Waals surface area contributed by atoms with Crippen LogP contribution in [0.1, 0.15) is 30.1 Å². The molecule has 156 valence electrons. The van der Waals surface area contributed by atoms with Gasteiger partial charge >= 0.3 is 0 Å². The summed E-state index contributed by atoms with van der Waals surface area (Å²) >= 11 is 0. The van der Waals surface area contributed by atoms with Gasteiger partial charge in [0.1, 0.15) is 0 Å². The molecule has 2 aromatic rings. The van der Waals surface area contributed by atoms with Crippen molar-refractivity contribution in [2.45, 2.75) is 25.8 Å². The van der Waals surface area contributed by atoms with Crippen LogP contribution in [0.15, 0.2) is 36.4 Å². The topological polar surface area (TPSA) is 60.0 Å².